The van der Waals surface area contributed by atoms with Crippen molar-refractivity contribution in [3.63, 3.8) is 0 Å². The number of aromatic nitrogens is 3. The van der Waals surface area contributed by atoms with E-state index in [1.165, 1.54) is 0 Å². The highest BCUT2D eigenvalue weighted by atomic mass is 16.5. The molecule has 23 heavy (non-hydrogen) atoms. The number of carbonyl (C=O) groups excluding carboxylic acids is 1. The van der Waals surface area contributed by atoms with E-state index in [4.69, 9.17) is 15.2 Å². The quantitative estimate of drug-likeness (QED) is 0.726. The van der Waals surface area contributed by atoms with E-state index < -0.39 is 5.91 Å². The number of allylic oxidation sites excluding steroid dienone is 1. The molecular formula is C16H20N4O3. The lowest BCUT2D eigenvalue weighted by Crippen LogP contribution is -2.13. The van der Waals surface area contributed by atoms with Gasteiger partial charge in [0.1, 0.15) is 5.69 Å². The van der Waals surface area contributed by atoms with Crippen LogP contribution in [0.2, 0.25) is 0 Å². The number of ether oxygens (including phenoxy) is 2. The van der Waals surface area contributed by atoms with Crippen molar-refractivity contribution in [3.8, 4) is 22.8 Å². The maximum atomic E-state index is 11.5. The number of nitrogens with one attached hydrogen (secondary N) is 1. The number of H-pyrrole nitrogens is 1. The number of benzene rings is 1. The van der Waals surface area contributed by atoms with Gasteiger partial charge in [-0.05, 0) is 25.0 Å². The summed E-state index contributed by atoms with van der Waals surface area (Å²) in [5.41, 5.74) is 7.35. The third-order valence-corrected chi connectivity index (χ3v) is 3.22. The molecule has 1 amide bonds. The molecule has 0 aliphatic carbocycles. The Hall–Kier alpha value is -2.83. The highest BCUT2D eigenvalue weighted by Crippen LogP contribution is 2.37. The van der Waals surface area contributed by atoms with Gasteiger partial charge in [-0.1, -0.05) is 13.0 Å². The first kappa shape index (κ1) is 16.5. The summed E-state index contributed by atoms with van der Waals surface area (Å²) in [4.78, 5) is 11.5. The summed E-state index contributed by atoms with van der Waals surface area (Å²) in [6.07, 6.45) is 3.25. The molecule has 122 valence electrons. The van der Waals surface area contributed by atoms with Crippen LogP contribution < -0.4 is 15.2 Å². The van der Waals surface area contributed by atoms with Crippen molar-refractivity contribution < 1.29 is 14.3 Å². The lowest BCUT2D eigenvalue weighted by Gasteiger charge is -2.15. The maximum Gasteiger partial charge on any atom is 0.271 e. The molecule has 7 nitrogen and oxygen atoms in total. The van der Waals surface area contributed by atoms with Crippen LogP contribution in [-0.2, 0) is 6.42 Å². The molecule has 2 aromatic rings. The molecule has 0 aliphatic rings. The SMILES string of the molecule is C=CCc1cc(-c2n[nH]nc2C(N)=O)cc(OC)c1OCCC. The van der Waals surface area contributed by atoms with E-state index in [1.807, 2.05) is 13.0 Å². The first-order chi connectivity index (χ1) is 11.1. The number of nitrogens with zero attached hydrogens (tertiary/aromatic N) is 2. The van der Waals surface area contributed by atoms with Gasteiger partial charge in [-0.15, -0.1) is 6.58 Å². The van der Waals surface area contributed by atoms with E-state index in [1.54, 1.807) is 19.3 Å². The lowest BCUT2D eigenvalue weighted by atomic mass is 10.0. The van der Waals surface area contributed by atoms with E-state index in [9.17, 15) is 4.79 Å². The molecule has 7 heteroatoms. The fraction of sp³-hybridized carbons (Fsp3) is 0.312. The zero-order valence-electron chi connectivity index (χ0n) is 13.3. The molecule has 2 rings (SSSR count). The average Bonchev–Trinajstić information content (AvgIpc) is 3.03. The molecule has 0 saturated heterocycles. The standard InChI is InChI=1S/C16H20N4O3/c1-4-6-10-8-11(13-14(16(17)21)19-20-18-13)9-12(22-3)15(10)23-7-5-2/h4,8-9H,1,5-7H2,2-3H3,(H2,17,21)(H,18,19,20). The first-order valence-corrected chi connectivity index (χ1v) is 7.27. The second-order valence-corrected chi connectivity index (χ2v) is 4.89. The second-order valence-electron chi connectivity index (χ2n) is 4.89. The van der Waals surface area contributed by atoms with Crippen molar-refractivity contribution in [1.82, 2.24) is 15.4 Å². The molecule has 1 aromatic heterocycles. The summed E-state index contributed by atoms with van der Waals surface area (Å²) in [5.74, 6) is 0.581. The van der Waals surface area contributed by atoms with Gasteiger partial charge in [0.15, 0.2) is 17.2 Å². The largest absolute Gasteiger partial charge is 0.493 e. The van der Waals surface area contributed by atoms with Crippen LogP contribution in [0.15, 0.2) is 24.8 Å². The average molecular weight is 316 g/mol. The van der Waals surface area contributed by atoms with Gasteiger partial charge in [0, 0.05) is 11.1 Å². The highest BCUT2D eigenvalue weighted by Gasteiger charge is 2.19. The number of methoxy groups -OCH3 is 1. The van der Waals surface area contributed by atoms with Crippen LogP contribution in [0.4, 0.5) is 0 Å². The minimum atomic E-state index is -0.649. The van der Waals surface area contributed by atoms with Gasteiger partial charge < -0.3 is 15.2 Å². The summed E-state index contributed by atoms with van der Waals surface area (Å²) in [7, 11) is 1.56. The van der Waals surface area contributed by atoms with Crippen LogP contribution in [0.5, 0.6) is 11.5 Å². The molecule has 0 atom stereocenters. The number of aromatic amines is 1. The molecule has 0 aliphatic heterocycles. The van der Waals surface area contributed by atoms with Crippen molar-refractivity contribution in [2.24, 2.45) is 5.73 Å². The molecular weight excluding hydrogens is 296 g/mol. The van der Waals surface area contributed by atoms with Crippen molar-refractivity contribution in [3.05, 3.63) is 36.0 Å². The van der Waals surface area contributed by atoms with Crippen LogP contribution in [0.25, 0.3) is 11.3 Å². The van der Waals surface area contributed by atoms with Crippen LogP contribution in [0.3, 0.4) is 0 Å². The van der Waals surface area contributed by atoms with Gasteiger partial charge in [-0.2, -0.15) is 15.4 Å². The molecule has 0 saturated carbocycles. The van der Waals surface area contributed by atoms with Crippen LogP contribution >= 0.6 is 0 Å². The molecule has 0 fully saturated rings. The monoisotopic (exact) mass is 316 g/mol. The topological polar surface area (TPSA) is 103 Å². The Morgan fingerprint density at radius 3 is 2.83 bits per heavy atom. The molecule has 0 radical (unpaired) electrons. The Labute approximate surface area is 134 Å². The Morgan fingerprint density at radius 2 is 2.22 bits per heavy atom. The van der Waals surface area contributed by atoms with E-state index in [0.717, 1.165) is 12.0 Å². The summed E-state index contributed by atoms with van der Waals surface area (Å²) in [5, 5.41) is 10.2. The Kier molecular flexibility index (Phi) is 5.35. The Morgan fingerprint density at radius 1 is 1.43 bits per heavy atom. The second kappa shape index (κ2) is 7.44. The molecule has 1 heterocycles. The van der Waals surface area contributed by atoms with E-state index in [0.29, 0.717) is 35.8 Å². The van der Waals surface area contributed by atoms with Crippen molar-refractivity contribution in [2.75, 3.05) is 13.7 Å². The first-order valence-electron chi connectivity index (χ1n) is 7.27. The normalized spacial score (nSPS) is 10.3. The predicted molar refractivity (Wildman–Crippen MR) is 86.6 cm³/mol. The van der Waals surface area contributed by atoms with Gasteiger partial charge in [-0.25, -0.2) is 0 Å². The number of carbonyl (C=O) groups is 1. The van der Waals surface area contributed by atoms with Crippen molar-refractivity contribution in [2.45, 2.75) is 19.8 Å². The lowest BCUT2D eigenvalue weighted by molar-refractivity contribution is 0.0996. The fourth-order valence-electron chi connectivity index (χ4n) is 2.23. The molecule has 3 N–H and O–H groups in total. The minimum absolute atomic E-state index is 0.0823. The maximum absolute atomic E-state index is 11.5. The number of amides is 1. The van der Waals surface area contributed by atoms with Gasteiger partial charge in [0.05, 0.1) is 13.7 Å². The number of rotatable bonds is 8. The van der Waals surface area contributed by atoms with Crippen LogP contribution in [0.1, 0.15) is 29.4 Å². The third kappa shape index (κ3) is 3.50. The van der Waals surface area contributed by atoms with Gasteiger partial charge in [0.25, 0.3) is 5.91 Å². The number of nitrogens with two attached hydrogens (primary N) is 1. The number of hydrogen-bond donors (Lipinski definition) is 2. The van der Waals surface area contributed by atoms with Gasteiger partial charge in [-0.3, -0.25) is 4.79 Å². The van der Waals surface area contributed by atoms with Crippen molar-refractivity contribution in [1.29, 1.82) is 0 Å². The molecule has 1 aromatic carbocycles. The highest BCUT2D eigenvalue weighted by molar-refractivity contribution is 5.96. The van der Waals surface area contributed by atoms with Crippen LogP contribution in [0, 0.1) is 0 Å². The zero-order chi connectivity index (χ0) is 16.8. The molecule has 0 bridgehead atoms. The summed E-state index contributed by atoms with van der Waals surface area (Å²) in [6.45, 7) is 6.38. The molecule has 0 unspecified atom stereocenters. The predicted octanol–water partition coefficient (Wildman–Crippen LogP) is 2.10. The molecule has 0 spiro atoms. The van der Waals surface area contributed by atoms with E-state index >= 15 is 0 Å². The van der Waals surface area contributed by atoms with E-state index in [2.05, 4.69) is 22.0 Å². The summed E-state index contributed by atoms with van der Waals surface area (Å²) in [6, 6.07) is 3.63. The van der Waals surface area contributed by atoms with Gasteiger partial charge >= 0.3 is 0 Å². The number of hydrogen-bond acceptors (Lipinski definition) is 5. The zero-order valence-corrected chi connectivity index (χ0v) is 13.3. The smallest absolute Gasteiger partial charge is 0.271 e. The van der Waals surface area contributed by atoms with E-state index in [-0.39, 0.29) is 5.69 Å². The number of primary amides is 1. The Balaban J connectivity index is 2.57. The summed E-state index contributed by atoms with van der Waals surface area (Å²) < 4.78 is 11.2. The van der Waals surface area contributed by atoms with Gasteiger partial charge in [0.2, 0.25) is 0 Å². The van der Waals surface area contributed by atoms with Crippen LogP contribution in [-0.4, -0.2) is 35.0 Å². The minimum Gasteiger partial charge on any atom is -0.493 e. The van der Waals surface area contributed by atoms with Crippen molar-refractivity contribution >= 4 is 5.91 Å². The third-order valence-electron chi connectivity index (χ3n) is 3.22. The fourth-order valence-corrected chi connectivity index (χ4v) is 2.23. The Bertz CT molecular complexity index is 709. The summed E-state index contributed by atoms with van der Waals surface area (Å²) >= 11 is 0.